The molecule has 0 saturated heterocycles. The van der Waals surface area contributed by atoms with Crippen LogP contribution in [-0.4, -0.2) is 22.4 Å². The third-order valence-corrected chi connectivity index (χ3v) is 3.42. The van der Waals surface area contributed by atoms with E-state index in [4.69, 9.17) is 4.74 Å². The zero-order chi connectivity index (χ0) is 14.7. The van der Waals surface area contributed by atoms with Crippen molar-refractivity contribution in [3.05, 3.63) is 46.8 Å². The monoisotopic (exact) mass is 272 g/mol. The molecule has 1 aromatic carbocycles. The zero-order valence-electron chi connectivity index (χ0n) is 12.4. The molecular weight excluding hydrogens is 252 g/mol. The van der Waals surface area contributed by atoms with Gasteiger partial charge in [0.2, 0.25) is 0 Å². The molecule has 0 amide bonds. The number of nitrogens with zero attached hydrogens (tertiary/aromatic N) is 2. The number of carbonyl (C=O) groups excluding carboxylic acids is 1. The Morgan fingerprint density at radius 2 is 1.85 bits per heavy atom. The first kappa shape index (κ1) is 14.3. The van der Waals surface area contributed by atoms with E-state index in [0.29, 0.717) is 12.2 Å². The van der Waals surface area contributed by atoms with E-state index < -0.39 is 0 Å². The fourth-order valence-corrected chi connectivity index (χ4v) is 2.39. The number of rotatable bonds is 4. The van der Waals surface area contributed by atoms with Crippen LogP contribution in [0.15, 0.2) is 24.3 Å². The first-order chi connectivity index (χ1) is 9.58. The molecule has 0 aliphatic rings. The molecule has 0 aliphatic carbocycles. The Morgan fingerprint density at radius 3 is 2.35 bits per heavy atom. The highest BCUT2D eigenvalue weighted by Crippen LogP contribution is 2.18. The van der Waals surface area contributed by atoms with Gasteiger partial charge < -0.3 is 4.74 Å². The van der Waals surface area contributed by atoms with Gasteiger partial charge in [-0.1, -0.05) is 6.92 Å². The number of hydrogen-bond acceptors (Lipinski definition) is 3. The van der Waals surface area contributed by atoms with Crippen molar-refractivity contribution in [3.8, 4) is 5.69 Å². The van der Waals surface area contributed by atoms with Gasteiger partial charge >= 0.3 is 5.97 Å². The maximum absolute atomic E-state index is 11.6. The standard InChI is InChI=1S/C16H20N2O2/c1-5-15-11(3)17-18(12(15)4)14-9-7-13(8-10-14)16(19)20-6-2/h7-10H,5-6H2,1-4H3. The maximum atomic E-state index is 11.6. The van der Waals surface area contributed by atoms with Crippen LogP contribution in [0.5, 0.6) is 0 Å². The van der Waals surface area contributed by atoms with Crippen molar-refractivity contribution in [3.63, 3.8) is 0 Å². The predicted molar refractivity (Wildman–Crippen MR) is 78.4 cm³/mol. The molecule has 4 heteroatoms. The number of esters is 1. The van der Waals surface area contributed by atoms with E-state index in [-0.39, 0.29) is 5.97 Å². The van der Waals surface area contributed by atoms with E-state index in [9.17, 15) is 4.79 Å². The Bertz CT molecular complexity index is 612. The normalized spacial score (nSPS) is 10.6. The summed E-state index contributed by atoms with van der Waals surface area (Å²) >= 11 is 0. The first-order valence-electron chi connectivity index (χ1n) is 6.91. The van der Waals surface area contributed by atoms with Crippen molar-refractivity contribution in [1.82, 2.24) is 9.78 Å². The van der Waals surface area contributed by atoms with E-state index in [0.717, 1.165) is 23.5 Å². The third-order valence-electron chi connectivity index (χ3n) is 3.42. The fraction of sp³-hybridized carbons (Fsp3) is 0.375. The molecule has 1 aromatic heterocycles. The summed E-state index contributed by atoms with van der Waals surface area (Å²) in [5, 5.41) is 4.56. The van der Waals surface area contributed by atoms with Crippen molar-refractivity contribution in [2.75, 3.05) is 6.61 Å². The van der Waals surface area contributed by atoms with Crippen LogP contribution in [0.2, 0.25) is 0 Å². The second-order valence-electron chi connectivity index (χ2n) is 4.68. The summed E-state index contributed by atoms with van der Waals surface area (Å²) in [5.74, 6) is -0.290. The van der Waals surface area contributed by atoms with E-state index in [1.54, 1.807) is 19.1 Å². The molecule has 4 nitrogen and oxygen atoms in total. The lowest BCUT2D eigenvalue weighted by Gasteiger charge is -2.06. The molecule has 0 bridgehead atoms. The van der Waals surface area contributed by atoms with Crippen molar-refractivity contribution in [1.29, 1.82) is 0 Å². The molecular formula is C16H20N2O2. The minimum Gasteiger partial charge on any atom is -0.462 e. The largest absolute Gasteiger partial charge is 0.462 e. The molecule has 1 heterocycles. The second kappa shape index (κ2) is 5.90. The Hall–Kier alpha value is -2.10. The van der Waals surface area contributed by atoms with Crippen LogP contribution >= 0.6 is 0 Å². The van der Waals surface area contributed by atoms with Gasteiger partial charge in [-0.15, -0.1) is 0 Å². The van der Waals surface area contributed by atoms with Gasteiger partial charge in [0.25, 0.3) is 0 Å². The van der Waals surface area contributed by atoms with Crippen LogP contribution in [0, 0.1) is 13.8 Å². The average Bonchev–Trinajstić information content (AvgIpc) is 2.74. The van der Waals surface area contributed by atoms with Gasteiger partial charge in [-0.2, -0.15) is 5.10 Å². The summed E-state index contributed by atoms with van der Waals surface area (Å²) in [6, 6.07) is 7.33. The van der Waals surface area contributed by atoms with Crippen LogP contribution in [-0.2, 0) is 11.2 Å². The molecule has 0 unspecified atom stereocenters. The molecule has 0 spiro atoms. The third kappa shape index (κ3) is 2.59. The Kier molecular flexibility index (Phi) is 4.23. The molecule has 2 rings (SSSR count). The molecule has 106 valence electrons. The number of carbonyl (C=O) groups is 1. The van der Waals surface area contributed by atoms with Crippen LogP contribution in [0.25, 0.3) is 5.69 Å². The second-order valence-corrected chi connectivity index (χ2v) is 4.68. The van der Waals surface area contributed by atoms with Crippen LogP contribution in [0.4, 0.5) is 0 Å². The summed E-state index contributed by atoms with van der Waals surface area (Å²) in [6.45, 7) is 8.41. The minimum absolute atomic E-state index is 0.290. The maximum Gasteiger partial charge on any atom is 0.338 e. The summed E-state index contributed by atoms with van der Waals surface area (Å²) in [4.78, 5) is 11.6. The van der Waals surface area contributed by atoms with Gasteiger partial charge in [-0.3, -0.25) is 0 Å². The summed E-state index contributed by atoms with van der Waals surface area (Å²) < 4.78 is 6.90. The van der Waals surface area contributed by atoms with Crippen LogP contribution in [0.3, 0.4) is 0 Å². The highest BCUT2D eigenvalue weighted by atomic mass is 16.5. The minimum atomic E-state index is -0.290. The number of hydrogen-bond donors (Lipinski definition) is 0. The molecule has 0 aliphatic heterocycles. The fourth-order valence-electron chi connectivity index (χ4n) is 2.39. The van der Waals surface area contributed by atoms with E-state index in [2.05, 4.69) is 18.9 Å². The van der Waals surface area contributed by atoms with Gasteiger partial charge in [0.05, 0.1) is 23.6 Å². The smallest absolute Gasteiger partial charge is 0.338 e. The van der Waals surface area contributed by atoms with Crippen molar-refractivity contribution in [2.45, 2.75) is 34.1 Å². The van der Waals surface area contributed by atoms with Gasteiger partial charge in [0.1, 0.15) is 0 Å². The Balaban J connectivity index is 2.33. The molecule has 0 radical (unpaired) electrons. The van der Waals surface area contributed by atoms with Gasteiger partial charge in [-0.25, -0.2) is 9.48 Å². The first-order valence-corrected chi connectivity index (χ1v) is 6.91. The SMILES string of the molecule is CCOC(=O)c1ccc(-n2nc(C)c(CC)c2C)cc1. The molecule has 2 aromatic rings. The number of aryl methyl sites for hydroxylation is 1. The number of aromatic nitrogens is 2. The highest BCUT2D eigenvalue weighted by Gasteiger charge is 2.12. The lowest BCUT2D eigenvalue weighted by Crippen LogP contribution is -2.05. The highest BCUT2D eigenvalue weighted by molar-refractivity contribution is 5.89. The van der Waals surface area contributed by atoms with Crippen LogP contribution < -0.4 is 0 Å². The topological polar surface area (TPSA) is 44.1 Å². The Morgan fingerprint density at radius 1 is 1.20 bits per heavy atom. The van der Waals surface area contributed by atoms with E-state index in [1.165, 1.54) is 5.56 Å². The van der Waals surface area contributed by atoms with Crippen molar-refractivity contribution >= 4 is 5.97 Å². The van der Waals surface area contributed by atoms with Gasteiger partial charge in [-0.05, 0) is 57.0 Å². The van der Waals surface area contributed by atoms with E-state index in [1.807, 2.05) is 23.7 Å². The molecule has 20 heavy (non-hydrogen) atoms. The molecule has 0 saturated carbocycles. The van der Waals surface area contributed by atoms with Crippen molar-refractivity contribution < 1.29 is 9.53 Å². The molecule has 0 atom stereocenters. The van der Waals surface area contributed by atoms with E-state index >= 15 is 0 Å². The molecule has 0 fully saturated rings. The zero-order valence-corrected chi connectivity index (χ0v) is 12.4. The predicted octanol–water partition coefficient (Wildman–Crippen LogP) is 3.23. The van der Waals surface area contributed by atoms with Gasteiger partial charge in [0, 0.05) is 5.69 Å². The van der Waals surface area contributed by atoms with Crippen molar-refractivity contribution in [2.24, 2.45) is 0 Å². The number of benzene rings is 1. The number of ether oxygens (including phenoxy) is 1. The lowest BCUT2D eigenvalue weighted by molar-refractivity contribution is 0.0526. The average molecular weight is 272 g/mol. The summed E-state index contributed by atoms with van der Waals surface area (Å²) in [5.41, 5.74) is 5.00. The Labute approximate surface area is 119 Å². The summed E-state index contributed by atoms with van der Waals surface area (Å²) in [7, 11) is 0. The summed E-state index contributed by atoms with van der Waals surface area (Å²) in [6.07, 6.45) is 0.971. The lowest BCUT2D eigenvalue weighted by atomic mass is 10.1. The van der Waals surface area contributed by atoms with Gasteiger partial charge in [0.15, 0.2) is 0 Å². The quantitative estimate of drug-likeness (QED) is 0.803. The van der Waals surface area contributed by atoms with Crippen LogP contribution in [0.1, 0.15) is 41.2 Å². The molecule has 0 N–H and O–H groups in total.